The smallest absolute Gasteiger partial charge is 0.413 e. The molecule has 0 spiro atoms. The van der Waals surface area contributed by atoms with Crippen molar-refractivity contribution < 1.29 is 13.9 Å². The van der Waals surface area contributed by atoms with Gasteiger partial charge in [0.25, 0.3) is 0 Å². The third-order valence-electron chi connectivity index (χ3n) is 4.82. The first-order valence-electron chi connectivity index (χ1n) is 10.6. The number of carbonyl (C=O) groups is 1. The Morgan fingerprint density at radius 3 is 2.65 bits per heavy atom. The lowest BCUT2D eigenvalue weighted by Gasteiger charge is -2.31. The fourth-order valence-corrected chi connectivity index (χ4v) is 5.40. The van der Waals surface area contributed by atoms with Crippen molar-refractivity contribution in [3.8, 4) is 0 Å². The predicted octanol–water partition coefficient (Wildman–Crippen LogP) is 5.99. The van der Waals surface area contributed by atoms with Gasteiger partial charge in [0.05, 0.1) is 11.4 Å². The highest BCUT2D eigenvalue weighted by molar-refractivity contribution is 8.00. The average Bonchev–Trinajstić information content (AvgIpc) is 3.05. The Morgan fingerprint density at radius 2 is 2.03 bits per heavy atom. The molecule has 170 valence electrons. The first-order chi connectivity index (χ1) is 14.6. The van der Waals surface area contributed by atoms with E-state index in [-0.39, 0.29) is 0 Å². The summed E-state index contributed by atoms with van der Waals surface area (Å²) in [5.41, 5.74) is 2.26. The number of nitrogens with zero attached hydrogens (tertiary/aromatic N) is 3. The van der Waals surface area contributed by atoms with Gasteiger partial charge in [-0.1, -0.05) is 18.7 Å². The molecule has 3 heterocycles. The second-order valence-corrected chi connectivity index (χ2v) is 10.9. The molecule has 0 aromatic carbocycles. The van der Waals surface area contributed by atoms with E-state index in [9.17, 15) is 9.18 Å². The van der Waals surface area contributed by atoms with E-state index in [4.69, 9.17) is 4.74 Å². The number of thioether (sulfide) groups is 1. The van der Waals surface area contributed by atoms with Crippen LogP contribution < -0.4 is 10.2 Å². The second-order valence-electron chi connectivity index (χ2n) is 8.62. The molecular weight excluding hydrogens is 435 g/mol. The predicted molar refractivity (Wildman–Crippen MR) is 126 cm³/mol. The van der Waals surface area contributed by atoms with E-state index in [1.807, 2.05) is 39.8 Å². The van der Waals surface area contributed by atoms with Crippen LogP contribution in [0.5, 0.6) is 0 Å². The molecule has 2 aromatic heterocycles. The van der Waals surface area contributed by atoms with Crippen molar-refractivity contribution in [3.63, 3.8) is 0 Å². The molecule has 0 radical (unpaired) electrons. The number of ether oxygens (including phenoxy) is 1. The fraction of sp³-hybridized carbons (Fsp3) is 0.591. The summed E-state index contributed by atoms with van der Waals surface area (Å²) in [6, 6.07) is 3.85. The Kier molecular flexibility index (Phi) is 7.80. The molecule has 0 atom stereocenters. The van der Waals surface area contributed by atoms with E-state index in [0.717, 1.165) is 27.8 Å². The van der Waals surface area contributed by atoms with Crippen molar-refractivity contribution in [2.45, 2.75) is 75.7 Å². The molecule has 9 heteroatoms. The number of anilines is 2. The second kappa shape index (κ2) is 10.2. The first kappa shape index (κ1) is 23.8. The highest BCUT2D eigenvalue weighted by atomic mass is 32.2. The van der Waals surface area contributed by atoms with Crippen LogP contribution in [0.15, 0.2) is 16.5 Å². The summed E-state index contributed by atoms with van der Waals surface area (Å²) >= 11 is 3.35. The van der Waals surface area contributed by atoms with Gasteiger partial charge in [0.2, 0.25) is 0 Å². The number of hydrogen-bond acceptors (Lipinski definition) is 7. The molecule has 6 nitrogen and oxygen atoms in total. The van der Waals surface area contributed by atoms with Gasteiger partial charge in [0, 0.05) is 35.5 Å². The third-order valence-corrected chi connectivity index (χ3v) is 7.30. The number of nitrogens with one attached hydrogen (secondary N) is 1. The Labute approximate surface area is 192 Å². The lowest BCUT2D eigenvalue weighted by atomic mass is 10.1. The van der Waals surface area contributed by atoms with Crippen molar-refractivity contribution >= 4 is 40.7 Å². The van der Waals surface area contributed by atoms with E-state index in [0.29, 0.717) is 37.5 Å². The van der Waals surface area contributed by atoms with Crippen LogP contribution in [0.4, 0.5) is 20.7 Å². The fourth-order valence-electron chi connectivity index (χ4n) is 3.33. The molecule has 0 bridgehead atoms. The summed E-state index contributed by atoms with van der Waals surface area (Å²) in [4.78, 5) is 25.0. The first-order valence-corrected chi connectivity index (χ1v) is 12.4. The van der Waals surface area contributed by atoms with Gasteiger partial charge in [0.1, 0.15) is 17.6 Å². The molecular formula is C22H31FN4O2S2. The van der Waals surface area contributed by atoms with E-state index in [1.54, 1.807) is 23.1 Å². The Balaban J connectivity index is 1.78. The quantitative estimate of drug-likeness (QED) is 0.528. The zero-order chi connectivity index (χ0) is 22.6. The number of rotatable bonds is 6. The number of hydrogen-bond donors (Lipinski definition) is 1. The van der Waals surface area contributed by atoms with Crippen LogP contribution >= 0.6 is 23.1 Å². The van der Waals surface area contributed by atoms with Crippen molar-refractivity contribution in [1.29, 1.82) is 0 Å². The number of halogens is 1. The van der Waals surface area contributed by atoms with Gasteiger partial charge >= 0.3 is 6.09 Å². The maximum atomic E-state index is 13.6. The zero-order valence-corrected chi connectivity index (χ0v) is 20.5. The summed E-state index contributed by atoms with van der Waals surface area (Å²) in [7, 11) is 0. The van der Waals surface area contributed by atoms with Crippen LogP contribution in [0.3, 0.4) is 0 Å². The molecule has 2 aromatic rings. The summed E-state index contributed by atoms with van der Waals surface area (Å²) in [5, 5.41) is 2.75. The van der Waals surface area contributed by atoms with Crippen LogP contribution in [0, 0.1) is 6.92 Å². The lowest BCUT2D eigenvalue weighted by molar-refractivity contribution is 0.0635. The lowest BCUT2D eigenvalue weighted by Crippen LogP contribution is -2.34. The maximum absolute atomic E-state index is 13.6. The van der Waals surface area contributed by atoms with E-state index < -0.39 is 17.9 Å². The van der Waals surface area contributed by atoms with Gasteiger partial charge < -0.3 is 9.64 Å². The number of thiazole rings is 1. The monoisotopic (exact) mass is 466 g/mol. The van der Waals surface area contributed by atoms with Crippen molar-refractivity contribution in [2.24, 2.45) is 0 Å². The van der Waals surface area contributed by atoms with Crippen LogP contribution in [0.2, 0.25) is 0 Å². The van der Waals surface area contributed by atoms with Crippen molar-refractivity contribution in [2.75, 3.05) is 23.3 Å². The van der Waals surface area contributed by atoms with Gasteiger partial charge in [0.15, 0.2) is 4.34 Å². The number of piperidine rings is 1. The third kappa shape index (κ3) is 7.07. The molecule has 1 fully saturated rings. The number of aryl methyl sites for hydroxylation is 2. The molecule has 1 amide bonds. The summed E-state index contributed by atoms with van der Waals surface area (Å²) < 4.78 is 20.0. The molecule has 0 unspecified atom stereocenters. The van der Waals surface area contributed by atoms with Gasteiger partial charge in [-0.05, 0) is 53.0 Å². The van der Waals surface area contributed by atoms with Gasteiger partial charge in [-0.25, -0.2) is 19.2 Å². The Bertz CT molecular complexity index is 905. The molecule has 1 saturated heterocycles. The Hall–Kier alpha value is -1.87. The maximum Gasteiger partial charge on any atom is 0.413 e. The minimum Gasteiger partial charge on any atom is -0.444 e. The molecule has 0 aliphatic carbocycles. The van der Waals surface area contributed by atoms with Crippen LogP contribution in [0.25, 0.3) is 0 Å². The SMILES string of the molecule is CCc1sc(SCc2cc(N3CCC(F)CC3)cc(NC(=O)OC(C)(C)C)n2)nc1C. The largest absolute Gasteiger partial charge is 0.444 e. The molecule has 31 heavy (non-hydrogen) atoms. The van der Waals surface area contributed by atoms with Gasteiger partial charge in [-0.3, -0.25) is 5.32 Å². The number of amides is 1. The summed E-state index contributed by atoms with van der Waals surface area (Å²) in [6.45, 7) is 10.9. The molecule has 1 aliphatic rings. The summed E-state index contributed by atoms with van der Waals surface area (Å²) in [6.07, 6.45) is 0.722. The number of carbonyl (C=O) groups excluding carboxylic acids is 1. The topological polar surface area (TPSA) is 67.4 Å². The number of alkyl halides is 1. The average molecular weight is 467 g/mol. The minimum atomic E-state index is -0.742. The highest BCUT2D eigenvalue weighted by Crippen LogP contribution is 2.32. The van der Waals surface area contributed by atoms with Crippen LogP contribution in [0.1, 0.15) is 56.8 Å². The van der Waals surface area contributed by atoms with E-state index in [2.05, 4.69) is 27.1 Å². The molecule has 1 N–H and O–H groups in total. The van der Waals surface area contributed by atoms with E-state index in [1.165, 1.54) is 4.88 Å². The Morgan fingerprint density at radius 1 is 1.32 bits per heavy atom. The van der Waals surface area contributed by atoms with E-state index >= 15 is 0 Å². The van der Waals surface area contributed by atoms with Crippen LogP contribution in [-0.4, -0.2) is 40.9 Å². The number of pyridine rings is 1. The number of aromatic nitrogens is 2. The van der Waals surface area contributed by atoms with Crippen LogP contribution in [-0.2, 0) is 16.9 Å². The minimum absolute atomic E-state index is 0.439. The van der Waals surface area contributed by atoms with Crippen molar-refractivity contribution in [3.05, 3.63) is 28.4 Å². The zero-order valence-electron chi connectivity index (χ0n) is 18.8. The molecule has 1 aliphatic heterocycles. The standard InChI is InChI=1S/C22H31FN4O2S2/c1-6-18-14(2)24-21(31-18)30-13-16-11-17(27-9-7-15(23)8-10-27)12-19(25-16)26-20(28)29-22(3,4)5/h11-12,15H,6-10,13H2,1-5H3,(H,25,26,28). The van der Waals surface area contributed by atoms with Gasteiger partial charge in [-0.15, -0.1) is 11.3 Å². The van der Waals surface area contributed by atoms with Crippen molar-refractivity contribution in [1.82, 2.24) is 9.97 Å². The molecule has 0 saturated carbocycles. The van der Waals surface area contributed by atoms with Gasteiger partial charge in [-0.2, -0.15) is 0 Å². The highest BCUT2D eigenvalue weighted by Gasteiger charge is 2.21. The normalized spacial score (nSPS) is 15.2. The molecule has 3 rings (SSSR count). The summed E-state index contributed by atoms with van der Waals surface area (Å²) in [5.74, 6) is 1.07.